The molecule has 0 bridgehead atoms. The molecule has 3 nitrogen and oxygen atoms in total. The fourth-order valence-corrected chi connectivity index (χ4v) is 3.45. The Balaban J connectivity index is 1.92. The first-order chi connectivity index (χ1) is 7.70. The van der Waals surface area contributed by atoms with E-state index < -0.39 is 0 Å². The average Bonchev–Trinajstić information content (AvgIpc) is 2.65. The molecular weight excluding hydrogens is 198 g/mol. The molecule has 1 N–H and O–H groups in total. The Hall–Kier alpha value is -0.120. The molecular formula is C13H27N3. The quantitative estimate of drug-likeness (QED) is 0.760. The summed E-state index contributed by atoms with van der Waals surface area (Å²) in [5.41, 5.74) is 0. The van der Waals surface area contributed by atoms with Crippen molar-refractivity contribution in [3.8, 4) is 0 Å². The van der Waals surface area contributed by atoms with Crippen molar-refractivity contribution in [2.75, 3.05) is 33.7 Å². The second-order valence-corrected chi connectivity index (χ2v) is 5.66. The lowest BCUT2D eigenvalue weighted by Gasteiger charge is -2.33. The van der Waals surface area contributed by atoms with Crippen LogP contribution in [0.25, 0.3) is 0 Å². The molecule has 0 aromatic heterocycles. The van der Waals surface area contributed by atoms with Crippen molar-refractivity contribution in [2.45, 2.75) is 50.7 Å². The van der Waals surface area contributed by atoms with Crippen molar-refractivity contribution in [3.63, 3.8) is 0 Å². The van der Waals surface area contributed by atoms with Gasteiger partial charge in [-0.15, -0.1) is 0 Å². The lowest BCUT2D eigenvalue weighted by molar-refractivity contribution is 0.143. The molecule has 2 aliphatic rings. The monoisotopic (exact) mass is 225 g/mol. The number of nitrogens with one attached hydrogen (secondary N) is 1. The normalized spacial score (nSPS) is 38.8. The largest absolute Gasteiger partial charge is 0.317 e. The molecule has 16 heavy (non-hydrogen) atoms. The Labute approximate surface area is 100 Å². The third-order valence-corrected chi connectivity index (χ3v) is 4.38. The molecule has 1 aliphatic heterocycles. The van der Waals surface area contributed by atoms with Gasteiger partial charge in [0.15, 0.2) is 0 Å². The molecule has 0 aromatic rings. The van der Waals surface area contributed by atoms with Gasteiger partial charge in [0.05, 0.1) is 0 Å². The van der Waals surface area contributed by atoms with Crippen LogP contribution in [0, 0.1) is 0 Å². The van der Waals surface area contributed by atoms with Crippen molar-refractivity contribution in [3.05, 3.63) is 0 Å². The summed E-state index contributed by atoms with van der Waals surface area (Å²) in [6.45, 7) is 6.20. The highest BCUT2D eigenvalue weighted by Crippen LogP contribution is 2.26. The van der Waals surface area contributed by atoms with Crippen molar-refractivity contribution in [1.82, 2.24) is 15.1 Å². The predicted octanol–water partition coefficient (Wildman–Crippen LogP) is 1.15. The fraction of sp³-hybridized carbons (Fsp3) is 1.00. The second kappa shape index (κ2) is 5.48. The van der Waals surface area contributed by atoms with Crippen LogP contribution in [0.15, 0.2) is 0 Å². The first-order valence-corrected chi connectivity index (χ1v) is 6.82. The van der Waals surface area contributed by atoms with Gasteiger partial charge in [-0.1, -0.05) is 0 Å². The lowest BCUT2D eigenvalue weighted by atomic mass is 10.1. The van der Waals surface area contributed by atoms with Gasteiger partial charge >= 0.3 is 0 Å². The maximum absolute atomic E-state index is 3.44. The summed E-state index contributed by atoms with van der Waals surface area (Å²) in [7, 11) is 4.36. The Morgan fingerprint density at radius 1 is 1.19 bits per heavy atom. The fourth-order valence-electron chi connectivity index (χ4n) is 3.45. The number of hydrogen-bond donors (Lipinski definition) is 1. The molecule has 1 aliphatic carbocycles. The van der Waals surface area contributed by atoms with E-state index in [1.54, 1.807) is 0 Å². The van der Waals surface area contributed by atoms with E-state index >= 15 is 0 Å². The number of rotatable bonds is 2. The number of likely N-dealkylation sites (N-methyl/N-ethyl adjacent to an activating group) is 1. The zero-order chi connectivity index (χ0) is 11.5. The van der Waals surface area contributed by atoms with E-state index in [1.807, 2.05) is 0 Å². The van der Waals surface area contributed by atoms with Crippen LogP contribution in [0.4, 0.5) is 0 Å². The number of hydrogen-bond acceptors (Lipinski definition) is 3. The molecule has 3 heteroatoms. The van der Waals surface area contributed by atoms with Gasteiger partial charge < -0.3 is 10.2 Å². The van der Waals surface area contributed by atoms with Crippen LogP contribution in [0.2, 0.25) is 0 Å². The third-order valence-electron chi connectivity index (χ3n) is 4.38. The summed E-state index contributed by atoms with van der Waals surface area (Å²) in [6.07, 6.45) is 5.44. The summed E-state index contributed by atoms with van der Waals surface area (Å²) in [5, 5.41) is 3.44. The van der Waals surface area contributed by atoms with Crippen LogP contribution >= 0.6 is 0 Å². The van der Waals surface area contributed by atoms with E-state index in [4.69, 9.17) is 0 Å². The van der Waals surface area contributed by atoms with Crippen LogP contribution in [0.5, 0.6) is 0 Å². The van der Waals surface area contributed by atoms with Gasteiger partial charge in [-0.25, -0.2) is 0 Å². The molecule has 0 spiro atoms. The maximum atomic E-state index is 3.44. The minimum absolute atomic E-state index is 0.730. The SMILES string of the molecule is CNC1CCC(N2CCCN(C)CC2C)C1. The molecule has 0 radical (unpaired) electrons. The Bertz CT molecular complexity index is 219. The molecule has 3 atom stereocenters. The van der Waals surface area contributed by atoms with E-state index in [1.165, 1.54) is 45.3 Å². The van der Waals surface area contributed by atoms with Gasteiger partial charge in [-0.2, -0.15) is 0 Å². The van der Waals surface area contributed by atoms with Crippen LogP contribution in [0.3, 0.4) is 0 Å². The zero-order valence-corrected chi connectivity index (χ0v) is 11.1. The van der Waals surface area contributed by atoms with Crippen molar-refractivity contribution in [1.29, 1.82) is 0 Å². The maximum Gasteiger partial charge on any atom is 0.0197 e. The first-order valence-electron chi connectivity index (χ1n) is 6.82. The summed E-state index contributed by atoms with van der Waals surface area (Å²) >= 11 is 0. The molecule has 2 fully saturated rings. The van der Waals surface area contributed by atoms with Gasteiger partial charge in [0.2, 0.25) is 0 Å². The van der Waals surface area contributed by atoms with Gasteiger partial charge in [0.1, 0.15) is 0 Å². The topological polar surface area (TPSA) is 18.5 Å². The minimum atomic E-state index is 0.730. The van der Waals surface area contributed by atoms with Crippen molar-refractivity contribution in [2.24, 2.45) is 0 Å². The van der Waals surface area contributed by atoms with Crippen LogP contribution in [0.1, 0.15) is 32.6 Å². The standard InChI is InChI=1S/C13H27N3/c1-11-10-15(3)7-4-8-16(11)13-6-5-12(9-13)14-2/h11-14H,4-10H2,1-3H3. The Kier molecular flexibility index (Phi) is 4.22. The van der Waals surface area contributed by atoms with Gasteiger partial charge in [0, 0.05) is 24.7 Å². The lowest BCUT2D eigenvalue weighted by Crippen LogP contribution is -2.44. The van der Waals surface area contributed by atoms with E-state index in [9.17, 15) is 0 Å². The van der Waals surface area contributed by atoms with Crippen LogP contribution in [-0.4, -0.2) is 61.7 Å². The first kappa shape index (κ1) is 12.3. The molecule has 0 amide bonds. The van der Waals surface area contributed by atoms with Crippen molar-refractivity contribution < 1.29 is 0 Å². The van der Waals surface area contributed by atoms with E-state index in [0.29, 0.717) is 0 Å². The van der Waals surface area contributed by atoms with Gasteiger partial charge in [0.25, 0.3) is 0 Å². The molecule has 1 saturated heterocycles. The highest BCUT2D eigenvalue weighted by molar-refractivity contribution is 4.89. The Morgan fingerprint density at radius 3 is 2.69 bits per heavy atom. The summed E-state index contributed by atoms with van der Waals surface area (Å²) in [6, 6.07) is 2.32. The zero-order valence-electron chi connectivity index (χ0n) is 11.1. The molecule has 1 saturated carbocycles. The van der Waals surface area contributed by atoms with E-state index in [0.717, 1.165) is 18.1 Å². The van der Waals surface area contributed by atoms with Gasteiger partial charge in [-0.3, -0.25) is 4.90 Å². The Morgan fingerprint density at radius 2 is 2.00 bits per heavy atom. The molecule has 0 aromatic carbocycles. The number of nitrogens with zero attached hydrogens (tertiary/aromatic N) is 2. The van der Waals surface area contributed by atoms with E-state index in [2.05, 4.69) is 36.1 Å². The minimum Gasteiger partial charge on any atom is -0.317 e. The summed E-state index contributed by atoms with van der Waals surface area (Å²) < 4.78 is 0. The summed E-state index contributed by atoms with van der Waals surface area (Å²) in [4.78, 5) is 5.25. The van der Waals surface area contributed by atoms with Crippen LogP contribution in [-0.2, 0) is 0 Å². The summed E-state index contributed by atoms with van der Waals surface area (Å²) in [5.74, 6) is 0. The smallest absolute Gasteiger partial charge is 0.0197 e. The third kappa shape index (κ3) is 2.76. The van der Waals surface area contributed by atoms with Gasteiger partial charge in [-0.05, 0) is 59.8 Å². The highest BCUT2D eigenvalue weighted by atomic mass is 15.2. The van der Waals surface area contributed by atoms with Crippen LogP contribution < -0.4 is 5.32 Å². The molecule has 94 valence electrons. The van der Waals surface area contributed by atoms with Crippen molar-refractivity contribution >= 4 is 0 Å². The molecule has 2 rings (SSSR count). The highest BCUT2D eigenvalue weighted by Gasteiger charge is 2.32. The van der Waals surface area contributed by atoms with E-state index in [-0.39, 0.29) is 0 Å². The molecule has 1 heterocycles. The molecule has 3 unspecified atom stereocenters. The average molecular weight is 225 g/mol. The predicted molar refractivity (Wildman–Crippen MR) is 68.8 cm³/mol. The second-order valence-electron chi connectivity index (χ2n) is 5.66.